The Morgan fingerprint density at radius 2 is 1.94 bits per heavy atom. The Morgan fingerprint density at radius 1 is 1.39 bits per heavy atom. The summed E-state index contributed by atoms with van der Waals surface area (Å²) < 4.78 is 0. The highest BCUT2D eigenvalue weighted by Crippen LogP contribution is 2.28. The van der Waals surface area contributed by atoms with Crippen LogP contribution in [0.3, 0.4) is 0 Å². The number of carbonyl (C=O) groups is 2. The number of hydrogen-bond donors (Lipinski definition) is 3. The van der Waals surface area contributed by atoms with Gasteiger partial charge >= 0.3 is 0 Å². The molecule has 0 bridgehead atoms. The van der Waals surface area contributed by atoms with Gasteiger partial charge in [0.15, 0.2) is 5.12 Å². The second-order valence-electron chi connectivity index (χ2n) is 4.58. The first kappa shape index (κ1) is 15.4. The number of likely N-dealkylation sites (tertiary alicyclic amines) is 1. The van der Waals surface area contributed by atoms with Gasteiger partial charge in [0, 0.05) is 25.6 Å². The minimum atomic E-state index is -1.30. The van der Waals surface area contributed by atoms with Crippen LogP contribution in [-0.2, 0) is 9.59 Å². The largest absolute Gasteiger partial charge is 0.394 e. The quantitative estimate of drug-likeness (QED) is 0.566. The summed E-state index contributed by atoms with van der Waals surface area (Å²) in [4.78, 5) is 24.1. The van der Waals surface area contributed by atoms with Crippen molar-refractivity contribution in [2.45, 2.75) is 18.9 Å². The fourth-order valence-corrected chi connectivity index (χ4v) is 2.69. The normalized spacial score (nSPS) is 20.6. The molecule has 0 spiro atoms. The lowest BCUT2D eigenvalue weighted by Gasteiger charge is -2.37. The van der Waals surface area contributed by atoms with Crippen molar-refractivity contribution < 1.29 is 24.9 Å². The van der Waals surface area contributed by atoms with Crippen LogP contribution in [0.15, 0.2) is 0 Å². The molecule has 6 nitrogen and oxygen atoms in total. The van der Waals surface area contributed by atoms with E-state index in [1.165, 1.54) is 11.8 Å². The van der Waals surface area contributed by atoms with Crippen LogP contribution in [0.5, 0.6) is 0 Å². The second-order valence-corrected chi connectivity index (χ2v) is 5.77. The van der Waals surface area contributed by atoms with Crippen LogP contribution in [0.1, 0.15) is 13.3 Å². The Hall–Kier alpha value is -0.630. The number of carbonyl (C=O) groups excluding carboxylic acids is 2. The zero-order valence-corrected chi connectivity index (χ0v) is 11.2. The average molecular weight is 277 g/mol. The Kier molecular flexibility index (Phi) is 5.58. The number of nitrogens with zero attached hydrogens (tertiary/aromatic N) is 1. The lowest BCUT2D eigenvalue weighted by atomic mass is 10.0. The standard InChI is InChI=1S/C11H19NO5S/c1-8(16)18-4-9-2-10(17)12(3-9)11(5-13,6-14)7-15/h9,13-15H,2-7H2,1H3. The summed E-state index contributed by atoms with van der Waals surface area (Å²) in [5, 5.41) is 27.9. The van der Waals surface area contributed by atoms with E-state index >= 15 is 0 Å². The van der Waals surface area contributed by atoms with Crippen LogP contribution in [0.2, 0.25) is 0 Å². The SMILES string of the molecule is CC(=O)SCC1CC(=O)N(C(CO)(CO)CO)C1. The van der Waals surface area contributed by atoms with Gasteiger partial charge < -0.3 is 20.2 Å². The van der Waals surface area contributed by atoms with Crippen LogP contribution < -0.4 is 0 Å². The first-order chi connectivity index (χ1) is 8.49. The highest BCUT2D eigenvalue weighted by Gasteiger charge is 2.43. The number of rotatable bonds is 6. The Bertz CT molecular complexity index is 310. The van der Waals surface area contributed by atoms with Gasteiger partial charge in [0.1, 0.15) is 5.54 Å². The topological polar surface area (TPSA) is 98.1 Å². The van der Waals surface area contributed by atoms with E-state index in [1.807, 2.05) is 0 Å². The molecule has 18 heavy (non-hydrogen) atoms. The summed E-state index contributed by atoms with van der Waals surface area (Å²) in [5.74, 6) is 0.340. The monoisotopic (exact) mass is 277 g/mol. The van der Waals surface area contributed by atoms with Crippen molar-refractivity contribution in [3.63, 3.8) is 0 Å². The van der Waals surface area contributed by atoms with Crippen molar-refractivity contribution in [3.8, 4) is 0 Å². The van der Waals surface area contributed by atoms with Gasteiger partial charge in [0.2, 0.25) is 5.91 Å². The van der Waals surface area contributed by atoms with Gasteiger partial charge in [0.05, 0.1) is 19.8 Å². The van der Waals surface area contributed by atoms with Crippen molar-refractivity contribution in [3.05, 3.63) is 0 Å². The third-order valence-corrected chi connectivity index (χ3v) is 4.23. The highest BCUT2D eigenvalue weighted by atomic mass is 32.2. The molecule has 1 unspecified atom stereocenters. The van der Waals surface area contributed by atoms with Gasteiger partial charge in [0.25, 0.3) is 0 Å². The first-order valence-electron chi connectivity index (χ1n) is 5.75. The number of aliphatic hydroxyl groups excluding tert-OH is 3. The van der Waals surface area contributed by atoms with E-state index in [4.69, 9.17) is 0 Å². The minimum absolute atomic E-state index is 0.00126. The average Bonchev–Trinajstić information content (AvgIpc) is 2.72. The zero-order valence-electron chi connectivity index (χ0n) is 10.3. The third kappa shape index (κ3) is 3.23. The molecule has 1 heterocycles. The molecule has 3 N–H and O–H groups in total. The van der Waals surface area contributed by atoms with Crippen molar-refractivity contribution in [2.75, 3.05) is 32.1 Å². The molecule has 0 radical (unpaired) electrons. The van der Waals surface area contributed by atoms with Crippen LogP contribution in [0.25, 0.3) is 0 Å². The van der Waals surface area contributed by atoms with Crippen molar-refractivity contribution in [1.82, 2.24) is 4.90 Å². The van der Waals surface area contributed by atoms with E-state index in [-0.39, 0.29) is 23.4 Å². The van der Waals surface area contributed by atoms with Crippen LogP contribution in [0.4, 0.5) is 0 Å². The van der Waals surface area contributed by atoms with E-state index in [2.05, 4.69) is 0 Å². The van der Waals surface area contributed by atoms with E-state index in [1.54, 1.807) is 0 Å². The lowest BCUT2D eigenvalue weighted by Crippen LogP contribution is -2.57. The second kappa shape index (κ2) is 6.51. The van der Waals surface area contributed by atoms with Gasteiger partial charge in [-0.05, 0) is 5.92 Å². The maximum atomic E-state index is 11.9. The molecule has 1 aliphatic heterocycles. The number of hydrogen-bond acceptors (Lipinski definition) is 6. The molecular weight excluding hydrogens is 258 g/mol. The molecule has 1 aliphatic rings. The number of thioether (sulfide) groups is 1. The van der Waals surface area contributed by atoms with Gasteiger partial charge in [-0.3, -0.25) is 9.59 Å². The van der Waals surface area contributed by atoms with Crippen LogP contribution in [0, 0.1) is 5.92 Å². The van der Waals surface area contributed by atoms with Gasteiger partial charge in [-0.15, -0.1) is 0 Å². The maximum absolute atomic E-state index is 11.9. The molecule has 1 fully saturated rings. The minimum Gasteiger partial charge on any atom is -0.394 e. The molecule has 0 aromatic rings. The molecule has 104 valence electrons. The fraction of sp³-hybridized carbons (Fsp3) is 0.818. The van der Waals surface area contributed by atoms with Crippen molar-refractivity contribution >= 4 is 22.8 Å². The Morgan fingerprint density at radius 3 is 2.39 bits per heavy atom. The van der Waals surface area contributed by atoms with Gasteiger partial charge in [-0.25, -0.2) is 0 Å². The maximum Gasteiger partial charge on any atom is 0.223 e. The third-order valence-electron chi connectivity index (χ3n) is 3.18. The molecule has 0 aliphatic carbocycles. The lowest BCUT2D eigenvalue weighted by molar-refractivity contribution is -0.140. The van der Waals surface area contributed by atoms with Gasteiger partial charge in [-0.2, -0.15) is 0 Å². The highest BCUT2D eigenvalue weighted by molar-refractivity contribution is 8.13. The predicted octanol–water partition coefficient (Wildman–Crippen LogP) is -1.17. The molecule has 1 rings (SSSR count). The molecule has 1 saturated heterocycles. The zero-order chi connectivity index (χ0) is 13.8. The van der Waals surface area contributed by atoms with E-state index in [0.717, 1.165) is 11.8 Å². The van der Waals surface area contributed by atoms with Crippen LogP contribution >= 0.6 is 11.8 Å². The van der Waals surface area contributed by atoms with E-state index in [9.17, 15) is 24.9 Å². The Labute approximate surface area is 110 Å². The smallest absolute Gasteiger partial charge is 0.223 e. The summed E-state index contributed by atoms with van der Waals surface area (Å²) in [6.45, 7) is 0.356. The predicted molar refractivity (Wildman–Crippen MR) is 66.9 cm³/mol. The molecule has 1 amide bonds. The van der Waals surface area contributed by atoms with E-state index in [0.29, 0.717) is 12.3 Å². The Balaban J connectivity index is 2.68. The first-order valence-corrected chi connectivity index (χ1v) is 6.74. The summed E-state index contributed by atoms with van der Waals surface area (Å²) in [6, 6.07) is 0. The molecular formula is C11H19NO5S. The van der Waals surface area contributed by atoms with Crippen LogP contribution in [-0.4, -0.2) is 68.9 Å². The van der Waals surface area contributed by atoms with Crippen molar-refractivity contribution in [2.24, 2.45) is 5.92 Å². The number of amides is 1. The summed E-state index contributed by atoms with van der Waals surface area (Å²) in [7, 11) is 0. The molecule has 0 saturated carbocycles. The molecule has 0 aromatic carbocycles. The molecule has 1 atom stereocenters. The summed E-state index contributed by atoms with van der Waals surface area (Å²) in [5.41, 5.74) is -1.30. The molecule has 7 heteroatoms. The fourth-order valence-electron chi connectivity index (χ4n) is 1.99. The molecule has 0 aromatic heterocycles. The summed E-state index contributed by atoms with van der Waals surface area (Å²) >= 11 is 1.16. The van der Waals surface area contributed by atoms with E-state index < -0.39 is 25.4 Å². The van der Waals surface area contributed by atoms with Crippen molar-refractivity contribution in [1.29, 1.82) is 0 Å². The van der Waals surface area contributed by atoms with Gasteiger partial charge in [-0.1, -0.05) is 11.8 Å². The summed E-state index contributed by atoms with van der Waals surface area (Å²) in [6.07, 6.45) is 0.280. The number of aliphatic hydroxyl groups is 3.